The normalized spacial score (nSPS) is 19.8. The van der Waals surface area contributed by atoms with Gasteiger partial charge in [-0.1, -0.05) is 116 Å². The monoisotopic (exact) mass is 646 g/mol. The van der Waals surface area contributed by atoms with E-state index in [4.69, 9.17) is 0 Å². The predicted octanol–water partition coefficient (Wildman–Crippen LogP) is 13.0. The molecule has 5 aliphatic heterocycles. The van der Waals surface area contributed by atoms with Crippen LogP contribution in [-0.4, -0.2) is 15.7 Å². The quantitative estimate of drug-likeness (QED) is 0.174. The number of thioether (sulfide) groups is 3. The second-order valence-corrected chi connectivity index (χ2v) is 16.4. The Morgan fingerprint density at radius 3 is 1.59 bits per heavy atom. The number of benzene rings is 6. The standard InChI is InChI=1S/C43H34S3/c1-2-10-28(11-3-1)30-20-24-39-37(26-30)38-27-31-21-25-40(38)46-43-41(16-8-9-17-42(43)45-39)44-32-22-18-29(19-23-32)33-12-4-6-14-35(33)36-15-7-5-13-34(31)36/h1-7,10-15,18-27,41-43H,8-9,16-17H2. The lowest BCUT2D eigenvalue weighted by atomic mass is 9.88. The summed E-state index contributed by atoms with van der Waals surface area (Å²) in [5.41, 5.74) is 13.0. The summed E-state index contributed by atoms with van der Waals surface area (Å²) in [6.07, 6.45) is 5.15. The molecule has 5 heterocycles. The number of fused-ring (bicyclic) bond motifs is 1. The first kappa shape index (κ1) is 28.6. The molecule has 3 unspecified atom stereocenters. The van der Waals surface area contributed by atoms with Gasteiger partial charge in [0.15, 0.2) is 0 Å². The maximum atomic E-state index is 2.50. The summed E-state index contributed by atoms with van der Waals surface area (Å²) in [4.78, 5) is 4.22. The zero-order chi connectivity index (χ0) is 30.5. The van der Waals surface area contributed by atoms with Crippen molar-refractivity contribution in [1.82, 2.24) is 0 Å². The fraction of sp³-hybridized carbons (Fsp3) is 0.163. The molecule has 1 aliphatic carbocycles. The molecule has 12 rings (SSSR count). The van der Waals surface area contributed by atoms with E-state index in [1.165, 1.54) is 96.0 Å². The molecule has 6 aliphatic rings. The SMILES string of the molecule is c1ccc(-c2ccc3c(c2)-c2cc4ccc2SC2C(CCCCC2S3)Sc2ccc(cc2)-c2ccccc2-c2ccccc2-4)cc1. The van der Waals surface area contributed by atoms with E-state index in [-0.39, 0.29) is 0 Å². The van der Waals surface area contributed by atoms with E-state index < -0.39 is 0 Å². The highest BCUT2D eigenvalue weighted by molar-refractivity contribution is 8.06. The molecule has 0 spiro atoms. The van der Waals surface area contributed by atoms with Crippen LogP contribution >= 0.6 is 35.3 Å². The Morgan fingerprint density at radius 2 is 0.891 bits per heavy atom. The third-order valence-electron chi connectivity index (χ3n) is 9.77. The summed E-state index contributed by atoms with van der Waals surface area (Å²) in [6, 6.07) is 52.7. The molecule has 0 saturated heterocycles. The zero-order valence-corrected chi connectivity index (χ0v) is 28.0. The third kappa shape index (κ3) is 5.23. The second kappa shape index (κ2) is 12.2. The molecule has 3 atom stereocenters. The van der Waals surface area contributed by atoms with Gasteiger partial charge >= 0.3 is 0 Å². The molecule has 1 fully saturated rings. The summed E-state index contributed by atoms with van der Waals surface area (Å²) in [7, 11) is 0. The smallest absolute Gasteiger partial charge is 0.0339 e. The zero-order valence-electron chi connectivity index (χ0n) is 25.6. The van der Waals surface area contributed by atoms with Gasteiger partial charge in [-0.05, 0) is 105 Å². The van der Waals surface area contributed by atoms with E-state index >= 15 is 0 Å². The van der Waals surface area contributed by atoms with Crippen molar-refractivity contribution in [3.63, 3.8) is 0 Å². The summed E-state index contributed by atoms with van der Waals surface area (Å²) >= 11 is 6.41. The predicted molar refractivity (Wildman–Crippen MR) is 201 cm³/mol. The molecule has 0 radical (unpaired) electrons. The Morgan fingerprint density at radius 1 is 0.370 bits per heavy atom. The molecule has 3 heteroatoms. The average molecular weight is 647 g/mol. The van der Waals surface area contributed by atoms with Crippen LogP contribution in [0.1, 0.15) is 25.7 Å². The van der Waals surface area contributed by atoms with E-state index in [0.29, 0.717) is 15.7 Å². The van der Waals surface area contributed by atoms with E-state index in [0.717, 1.165) is 0 Å². The molecule has 0 aromatic heterocycles. The third-order valence-corrected chi connectivity index (χ3v) is 14.5. The van der Waals surface area contributed by atoms with Crippen molar-refractivity contribution in [3.05, 3.63) is 140 Å². The van der Waals surface area contributed by atoms with Crippen LogP contribution in [0.15, 0.2) is 154 Å². The first-order valence-corrected chi connectivity index (χ1v) is 19.1. The second-order valence-electron chi connectivity index (χ2n) is 12.6. The molecule has 46 heavy (non-hydrogen) atoms. The van der Waals surface area contributed by atoms with Crippen molar-refractivity contribution in [2.75, 3.05) is 0 Å². The van der Waals surface area contributed by atoms with Crippen LogP contribution in [0.5, 0.6) is 0 Å². The Kier molecular flexibility index (Phi) is 7.57. The van der Waals surface area contributed by atoms with Crippen molar-refractivity contribution < 1.29 is 0 Å². The lowest BCUT2D eigenvalue weighted by molar-refractivity contribution is 0.709. The lowest BCUT2D eigenvalue weighted by Gasteiger charge is -2.34. The minimum absolute atomic E-state index is 0.532. The summed E-state index contributed by atoms with van der Waals surface area (Å²) in [5, 5.41) is 1.67. The Labute approximate surface area is 285 Å². The van der Waals surface area contributed by atoms with Crippen LogP contribution in [0.25, 0.3) is 55.6 Å². The van der Waals surface area contributed by atoms with Gasteiger partial charge in [-0.15, -0.1) is 35.3 Å². The highest BCUT2D eigenvalue weighted by Crippen LogP contribution is 2.53. The minimum Gasteiger partial charge on any atom is -0.122 e. The molecule has 0 nitrogen and oxygen atoms in total. The number of hydrogen-bond donors (Lipinski definition) is 0. The van der Waals surface area contributed by atoms with Gasteiger partial charge in [0.05, 0.1) is 0 Å². The van der Waals surface area contributed by atoms with Crippen LogP contribution in [-0.2, 0) is 0 Å². The van der Waals surface area contributed by atoms with Gasteiger partial charge in [0, 0.05) is 30.4 Å². The van der Waals surface area contributed by atoms with Gasteiger partial charge in [0.25, 0.3) is 0 Å². The fourth-order valence-electron chi connectivity index (χ4n) is 7.46. The molecular weight excluding hydrogens is 613 g/mol. The minimum atomic E-state index is 0.532. The van der Waals surface area contributed by atoms with Crippen LogP contribution in [0.2, 0.25) is 0 Å². The maximum Gasteiger partial charge on any atom is 0.0339 e. The molecule has 224 valence electrons. The van der Waals surface area contributed by atoms with Gasteiger partial charge in [-0.2, -0.15) is 0 Å². The Hall–Kier alpha value is -3.63. The van der Waals surface area contributed by atoms with Crippen molar-refractivity contribution in [1.29, 1.82) is 0 Å². The Balaban J connectivity index is 1.31. The van der Waals surface area contributed by atoms with E-state index in [9.17, 15) is 0 Å². The van der Waals surface area contributed by atoms with Crippen LogP contribution in [0.4, 0.5) is 0 Å². The van der Waals surface area contributed by atoms with Crippen molar-refractivity contribution in [2.45, 2.75) is 56.1 Å². The van der Waals surface area contributed by atoms with Gasteiger partial charge in [-0.3, -0.25) is 0 Å². The van der Waals surface area contributed by atoms with E-state index in [1.54, 1.807) is 0 Å². The van der Waals surface area contributed by atoms with Crippen LogP contribution in [0.3, 0.4) is 0 Å². The van der Waals surface area contributed by atoms with Crippen LogP contribution < -0.4 is 0 Å². The molecule has 0 N–H and O–H groups in total. The maximum absolute atomic E-state index is 2.50. The van der Waals surface area contributed by atoms with Crippen molar-refractivity contribution >= 4 is 35.3 Å². The van der Waals surface area contributed by atoms with Crippen molar-refractivity contribution in [2.24, 2.45) is 0 Å². The Bertz CT molecular complexity index is 2040. The fourth-order valence-corrected chi connectivity index (χ4v) is 12.2. The van der Waals surface area contributed by atoms with Gasteiger partial charge in [-0.25, -0.2) is 0 Å². The molecule has 0 amide bonds. The van der Waals surface area contributed by atoms with E-state index in [2.05, 4.69) is 175 Å². The van der Waals surface area contributed by atoms with E-state index in [1.807, 2.05) is 0 Å². The summed E-state index contributed by atoms with van der Waals surface area (Å²) in [6.45, 7) is 0. The van der Waals surface area contributed by atoms with Crippen LogP contribution in [0, 0.1) is 0 Å². The topological polar surface area (TPSA) is 0 Å². The molecule has 1 saturated carbocycles. The average Bonchev–Trinajstić information content (AvgIpc) is 3.29. The van der Waals surface area contributed by atoms with Gasteiger partial charge in [0.1, 0.15) is 0 Å². The van der Waals surface area contributed by atoms with Gasteiger partial charge in [0.2, 0.25) is 0 Å². The number of rotatable bonds is 1. The molecule has 6 aromatic carbocycles. The first-order valence-electron chi connectivity index (χ1n) is 16.4. The molecular formula is C43H34S3. The first-order chi connectivity index (χ1) is 22.8. The lowest BCUT2D eigenvalue weighted by Crippen LogP contribution is -2.30. The largest absolute Gasteiger partial charge is 0.122 e. The number of hydrogen-bond acceptors (Lipinski definition) is 3. The highest BCUT2D eigenvalue weighted by Gasteiger charge is 2.36. The molecule has 6 bridgehead atoms. The molecule has 6 aromatic rings. The van der Waals surface area contributed by atoms with Crippen molar-refractivity contribution in [3.8, 4) is 55.6 Å². The summed E-state index contributed by atoms with van der Waals surface area (Å²) < 4.78 is 0. The van der Waals surface area contributed by atoms with Gasteiger partial charge < -0.3 is 0 Å². The highest BCUT2D eigenvalue weighted by atomic mass is 32.2. The summed E-state index contributed by atoms with van der Waals surface area (Å²) in [5.74, 6) is 0.